The van der Waals surface area contributed by atoms with Crippen LogP contribution in [0.15, 0.2) is 67.1 Å². The van der Waals surface area contributed by atoms with E-state index in [9.17, 15) is 4.39 Å². The molecule has 0 amide bonds. The lowest BCUT2D eigenvalue weighted by molar-refractivity contribution is 0.0721. The van der Waals surface area contributed by atoms with Crippen molar-refractivity contribution in [3.63, 3.8) is 0 Å². The monoisotopic (exact) mass is 388 g/mol. The topological polar surface area (TPSA) is 66.0 Å². The lowest BCUT2D eigenvalue weighted by Crippen LogP contribution is -2.35. The summed E-state index contributed by atoms with van der Waals surface area (Å²) >= 11 is 0. The molecule has 1 fully saturated rings. The van der Waals surface area contributed by atoms with Crippen LogP contribution >= 0.6 is 0 Å². The van der Waals surface area contributed by atoms with Gasteiger partial charge < -0.3 is 15.0 Å². The van der Waals surface area contributed by atoms with Crippen LogP contribution in [-0.4, -0.2) is 20.6 Å². The van der Waals surface area contributed by atoms with Gasteiger partial charge in [-0.05, 0) is 41.8 Å². The van der Waals surface area contributed by atoms with Gasteiger partial charge in [-0.2, -0.15) is 0 Å². The minimum atomic E-state index is -0.240. The average molecular weight is 388 g/mol. The standard InChI is InChI=1S/C23H21FN4O/c24-17-6-4-5-15(10-17)9-16-13-28(23-21(16)22(25)26-14-27-23)18-11-20(12-18)29-19-7-2-1-3-8-19/h1-8,10,13-14,18,20H,9,11-12H2,(H2,25,26,27). The number of hydrogen-bond acceptors (Lipinski definition) is 4. The first-order valence-electron chi connectivity index (χ1n) is 9.73. The molecule has 0 aliphatic heterocycles. The van der Waals surface area contributed by atoms with Crippen molar-refractivity contribution < 1.29 is 9.13 Å². The summed E-state index contributed by atoms with van der Waals surface area (Å²) in [5, 5.41) is 0.851. The van der Waals surface area contributed by atoms with Gasteiger partial charge in [0.15, 0.2) is 0 Å². The number of benzene rings is 2. The van der Waals surface area contributed by atoms with Crippen molar-refractivity contribution in [2.45, 2.75) is 31.4 Å². The first-order valence-corrected chi connectivity index (χ1v) is 9.73. The summed E-state index contributed by atoms with van der Waals surface area (Å²) in [4.78, 5) is 8.66. The molecule has 6 heteroatoms. The number of aromatic nitrogens is 3. The van der Waals surface area contributed by atoms with E-state index in [0.29, 0.717) is 18.3 Å². The predicted octanol–water partition coefficient (Wildman–Crippen LogP) is 4.53. The van der Waals surface area contributed by atoms with Gasteiger partial charge in [-0.15, -0.1) is 0 Å². The number of nitrogens with two attached hydrogens (primary N) is 1. The maximum atomic E-state index is 13.6. The molecular formula is C23H21FN4O. The van der Waals surface area contributed by atoms with Gasteiger partial charge in [0.05, 0.1) is 5.39 Å². The lowest BCUT2D eigenvalue weighted by Gasteiger charge is -2.36. The molecule has 5 rings (SSSR count). The Morgan fingerprint density at radius 2 is 1.90 bits per heavy atom. The third kappa shape index (κ3) is 3.42. The lowest BCUT2D eigenvalue weighted by atomic mass is 9.89. The highest BCUT2D eigenvalue weighted by atomic mass is 19.1. The number of ether oxygens (including phenoxy) is 1. The second-order valence-electron chi connectivity index (χ2n) is 7.50. The molecule has 0 radical (unpaired) electrons. The van der Waals surface area contributed by atoms with Gasteiger partial charge in [0.2, 0.25) is 0 Å². The minimum absolute atomic E-state index is 0.186. The van der Waals surface area contributed by atoms with E-state index in [2.05, 4.69) is 20.7 Å². The van der Waals surface area contributed by atoms with Gasteiger partial charge in [0.1, 0.15) is 35.5 Å². The molecule has 2 N–H and O–H groups in total. The molecule has 2 aromatic carbocycles. The summed E-state index contributed by atoms with van der Waals surface area (Å²) < 4.78 is 21.8. The Hall–Kier alpha value is -3.41. The molecule has 2 aromatic heterocycles. The van der Waals surface area contributed by atoms with Crippen molar-refractivity contribution in [2.24, 2.45) is 0 Å². The second-order valence-corrected chi connectivity index (χ2v) is 7.50. The molecule has 29 heavy (non-hydrogen) atoms. The molecule has 0 unspecified atom stereocenters. The van der Waals surface area contributed by atoms with Gasteiger partial charge in [-0.25, -0.2) is 14.4 Å². The van der Waals surface area contributed by atoms with E-state index >= 15 is 0 Å². The predicted molar refractivity (Wildman–Crippen MR) is 110 cm³/mol. The van der Waals surface area contributed by atoms with Crippen LogP contribution in [0.3, 0.4) is 0 Å². The molecule has 0 saturated heterocycles. The molecule has 1 saturated carbocycles. The minimum Gasteiger partial charge on any atom is -0.490 e. The Balaban J connectivity index is 1.41. The maximum Gasteiger partial charge on any atom is 0.146 e. The summed E-state index contributed by atoms with van der Waals surface area (Å²) in [6.07, 6.45) is 6.16. The maximum absolute atomic E-state index is 13.6. The van der Waals surface area contributed by atoms with Crippen LogP contribution in [0.25, 0.3) is 11.0 Å². The van der Waals surface area contributed by atoms with Gasteiger partial charge >= 0.3 is 0 Å². The fourth-order valence-electron chi connectivity index (χ4n) is 4.02. The molecule has 0 atom stereocenters. The van der Waals surface area contributed by atoms with Crippen LogP contribution in [-0.2, 0) is 6.42 Å². The number of anilines is 1. The number of fused-ring (bicyclic) bond motifs is 1. The number of rotatable bonds is 5. The molecule has 0 bridgehead atoms. The highest BCUT2D eigenvalue weighted by Crippen LogP contribution is 2.39. The molecule has 0 spiro atoms. The first kappa shape index (κ1) is 17.7. The Kier molecular flexibility index (Phi) is 4.39. The normalized spacial score (nSPS) is 18.5. The van der Waals surface area contributed by atoms with E-state index in [1.807, 2.05) is 36.4 Å². The van der Waals surface area contributed by atoms with Crippen molar-refractivity contribution in [3.05, 3.63) is 84.1 Å². The van der Waals surface area contributed by atoms with Crippen molar-refractivity contribution in [1.29, 1.82) is 0 Å². The summed E-state index contributed by atoms with van der Waals surface area (Å²) in [5.74, 6) is 1.11. The summed E-state index contributed by atoms with van der Waals surface area (Å²) in [6.45, 7) is 0. The van der Waals surface area contributed by atoms with Crippen LogP contribution in [0.5, 0.6) is 5.75 Å². The molecule has 2 heterocycles. The van der Waals surface area contributed by atoms with Crippen LogP contribution in [0.4, 0.5) is 10.2 Å². The zero-order valence-corrected chi connectivity index (χ0v) is 15.8. The molecule has 4 aromatic rings. The number of halogens is 1. The molecule has 1 aliphatic carbocycles. The Morgan fingerprint density at radius 3 is 2.69 bits per heavy atom. The third-order valence-electron chi connectivity index (χ3n) is 5.51. The van der Waals surface area contributed by atoms with Gasteiger partial charge in [0.25, 0.3) is 0 Å². The van der Waals surface area contributed by atoms with E-state index in [0.717, 1.165) is 40.8 Å². The summed E-state index contributed by atoms with van der Waals surface area (Å²) in [6, 6.07) is 16.8. The highest BCUT2D eigenvalue weighted by Gasteiger charge is 2.34. The number of nitrogens with zero attached hydrogens (tertiary/aromatic N) is 3. The van der Waals surface area contributed by atoms with E-state index in [1.165, 1.54) is 12.4 Å². The van der Waals surface area contributed by atoms with Gasteiger partial charge in [-0.3, -0.25) is 0 Å². The van der Waals surface area contributed by atoms with Gasteiger partial charge in [0, 0.05) is 25.1 Å². The zero-order valence-electron chi connectivity index (χ0n) is 15.8. The number of nitrogen functional groups attached to an aromatic ring is 1. The number of para-hydroxylation sites is 1. The van der Waals surface area contributed by atoms with Crippen LogP contribution in [0.2, 0.25) is 0 Å². The first-order chi connectivity index (χ1) is 14.2. The quantitative estimate of drug-likeness (QED) is 0.546. The van der Waals surface area contributed by atoms with Crippen molar-refractivity contribution in [1.82, 2.24) is 14.5 Å². The average Bonchev–Trinajstić information content (AvgIpc) is 3.04. The van der Waals surface area contributed by atoms with E-state index < -0.39 is 0 Å². The summed E-state index contributed by atoms with van der Waals surface area (Å²) in [7, 11) is 0. The second kappa shape index (κ2) is 7.20. The molecule has 5 nitrogen and oxygen atoms in total. The van der Waals surface area contributed by atoms with E-state index in [4.69, 9.17) is 10.5 Å². The fraction of sp³-hybridized carbons (Fsp3) is 0.217. The van der Waals surface area contributed by atoms with Crippen molar-refractivity contribution in [3.8, 4) is 5.75 Å². The van der Waals surface area contributed by atoms with Crippen LogP contribution in [0, 0.1) is 5.82 Å². The Morgan fingerprint density at radius 1 is 1.07 bits per heavy atom. The van der Waals surface area contributed by atoms with Crippen molar-refractivity contribution >= 4 is 16.9 Å². The van der Waals surface area contributed by atoms with E-state index in [1.54, 1.807) is 12.1 Å². The molecule has 1 aliphatic rings. The highest BCUT2D eigenvalue weighted by molar-refractivity contribution is 5.90. The van der Waals surface area contributed by atoms with E-state index in [-0.39, 0.29) is 11.9 Å². The van der Waals surface area contributed by atoms with Gasteiger partial charge in [-0.1, -0.05) is 30.3 Å². The SMILES string of the molecule is Nc1ncnc2c1c(Cc1cccc(F)c1)cn2C1CC(Oc2ccccc2)C1. The Bertz CT molecular complexity index is 1150. The smallest absolute Gasteiger partial charge is 0.146 e. The van der Waals surface area contributed by atoms with Crippen LogP contribution < -0.4 is 10.5 Å². The van der Waals surface area contributed by atoms with Crippen LogP contribution in [0.1, 0.15) is 30.0 Å². The zero-order chi connectivity index (χ0) is 19.8. The van der Waals surface area contributed by atoms with Crippen molar-refractivity contribution in [2.75, 3.05) is 5.73 Å². The third-order valence-corrected chi connectivity index (χ3v) is 5.51. The largest absolute Gasteiger partial charge is 0.490 e. The Labute approximate surface area is 168 Å². The fourth-order valence-corrected chi connectivity index (χ4v) is 4.02. The molecular weight excluding hydrogens is 367 g/mol. The molecule has 146 valence electrons. The summed E-state index contributed by atoms with van der Waals surface area (Å²) in [5.41, 5.74) is 8.91. The number of hydrogen-bond donors (Lipinski definition) is 1.